The Morgan fingerprint density at radius 2 is 2.29 bits per heavy atom. The minimum atomic E-state index is 0.429. The molecule has 0 aromatic carbocycles. The molecule has 0 radical (unpaired) electrons. The largest absolute Gasteiger partial charge is 0.324 e. The molecule has 0 saturated carbocycles. The zero-order chi connectivity index (χ0) is 12.3. The standard InChI is InChI=1S/C10H15N5S2/c1-7-8(17-6-12-7)3-4-16-10-14-13-9(5-11)15(10)2/h6H,3-5,11H2,1-2H3. The van der Waals surface area contributed by atoms with Gasteiger partial charge in [0, 0.05) is 17.7 Å². The summed E-state index contributed by atoms with van der Waals surface area (Å²) >= 11 is 3.41. The molecule has 0 spiro atoms. The second-order valence-electron chi connectivity index (χ2n) is 3.62. The van der Waals surface area contributed by atoms with E-state index in [9.17, 15) is 0 Å². The molecule has 0 amide bonds. The van der Waals surface area contributed by atoms with Crippen molar-refractivity contribution in [2.75, 3.05) is 5.75 Å². The highest BCUT2D eigenvalue weighted by atomic mass is 32.2. The summed E-state index contributed by atoms with van der Waals surface area (Å²) in [5, 5.41) is 9.06. The van der Waals surface area contributed by atoms with Gasteiger partial charge >= 0.3 is 0 Å². The van der Waals surface area contributed by atoms with Gasteiger partial charge < -0.3 is 10.3 Å². The fraction of sp³-hybridized carbons (Fsp3) is 0.500. The third-order valence-corrected chi connectivity index (χ3v) is 4.53. The van der Waals surface area contributed by atoms with Gasteiger partial charge in [-0.1, -0.05) is 11.8 Å². The lowest BCUT2D eigenvalue weighted by Gasteiger charge is -2.01. The van der Waals surface area contributed by atoms with Crippen LogP contribution in [0.25, 0.3) is 0 Å². The van der Waals surface area contributed by atoms with E-state index in [1.165, 1.54) is 4.88 Å². The Balaban J connectivity index is 1.90. The van der Waals surface area contributed by atoms with Crippen molar-refractivity contribution >= 4 is 23.1 Å². The number of rotatable bonds is 5. The number of thiazole rings is 1. The van der Waals surface area contributed by atoms with Crippen LogP contribution >= 0.6 is 23.1 Å². The molecule has 17 heavy (non-hydrogen) atoms. The van der Waals surface area contributed by atoms with Crippen LogP contribution in [0.4, 0.5) is 0 Å². The number of aromatic nitrogens is 4. The van der Waals surface area contributed by atoms with Gasteiger partial charge in [-0.3, -0.25) is 0 Å². The van der Waals surface area contributed by atoms with Crippen molar-refractivity contribution in [3.63, 3.8) is 0 Å². The normalized spacial score (nSPS) is 11.0. The summed E-state index contributed by atoms with van der Waals surface area (Å²) in [4.78, 5) is 5.58. The molecule has 0 unspecified atom stereocenters. The lowest BCUT2D eigenvalue weighted by molar-refractivity contribution is 0.734. The highest BCUT2D eigenvalue weighted by Gasteiger charge is 2.08. The van der Waals surface area contributed by atoms with Gasteiger partial charge in [0.05, 0.1) is 17.7 Å². The fourth-order valence-corrected chi connectivity index (χ4v) is 3.25. The third kappa shape index (κ3) is 2.85. The molecule has 2 rings (SSSR count). The predicted octanol–water partition coefficient (Wildman–Crippen LogP) is 1.37. The van der Waals surface area contributed by atoms with Crippen LogP contribution in [0.1, 0.15) is 16.4 Å². The topological polar surface area (TPSA) is 69.6 Å². The SMILES string of the molecule is Cc1ncsc1CCSc1nnc(CN)n1C. The molecule has 0 saturated heterocycles. The number of nitrogens with two attached hydrogens (primary N) is 1. The molecule has 0 bridgehead atoms. The first kappa shape index (κ1) is 12.5. The van der Waals surface area contributed by atoms with E-state index in [0.717, 1.165) is 28.8 Å². The lowest BCUT2D eigenvalue weighted by Crippen LogP contribution is -2.05. The van der Waals surface area contributed by atoms with Gasteiger partial charge in [-0.15, -0.1) is 21.5 Å². The zero-order valence-corrected chi connectivity index (χ0v) is 11.5. The maximum atomic E-state index is 5.55. The van der Waals surface area contributed by atoms with E-state index in [0.29, 0.717) is 6.54 Å². The Bertz CT molecular complexity index is 491. The molecule has 7 heteroatoms. The third-order valence-electron chi connectivity index (χ3n) is 2.51. The molecule has 2 aromatic rings. The van der Waals surface area contributed by atoms with Gasteiger partial charge in [-0.25, -0.2) is 4.98 Å². The minimum Gasteiger partial charge on any atom is -0.324 e. The Morgan fingerprint density at radius 3 is 2.88 bits per heavy atom. The molecule has 5 nitrogen and oxygen atoms in total. The quantitative estimate of drug-likeness (QED) is 0.830. The summed E-state index contributed by atoms with van der Waals surface area (Å²) in [5.74, 6) is 1.81. The number of hydrogen-bond acceptors (Lipinski definition) is 6. The Hall–Kier alpha value is -0.920. The van der Waals surface area contributed by atoms with Crippen LogP contribution in [-0.2, 0) is 20.0 Å². The summed E-state index contributed by atoms with van der Waals surface area (Å²) in [6, 6.07) is 0. The fourth-order valence-electron chi connectivity index (χ4n) is 1.45. The van der Waals surface area contributed by atoms with E-state index in [-0.39, 0.29) is 0 Å². The smallest absolute Gasteiger partial charge is 0.190 e. The molecule has 0 fully saturated rings. The van der Waals surface area contributed by atoms with E-state index in [4.69, 9.17) is 5.73 Å². The summed E-state index contributed by atoms with van der Waals surface area (Å²) in [7, 11) is 1.95. The number of nitrogens with zero attached hydrogens (tertiary/aromatic N) is 4. The second-order valence-corrected chi connectivity index (χ2v) is 5.62. The summed E-state index contributed by atoms with van der Waals surface area (Å²) in [5.41, 5.74) is 8.58. The van der Waals surface area contributed by atoms with Crippen molar-refractivity contribution in [2.24, 2.45) is 12.8 Å². The van der Waals surface area contributed by atoms with Crippen molar-refractivity contribution < 1.29 is 0 Å². The van der Waals surface area contributed by atoms with Crippen LogP contribution in [0.3, 0.4) is 0 Å². The van der Waals surface area contributed by atoms with Crippen LogP contribution in [0.2, 0.25) is 0 Å². The zero-order valence-electron chi connectivity index (χ0n) is 9.88. The average molecular weight is 269 g/mol. The first-order valence-corrected chi connectivity index (χ1v) is 7.19. The Morgan fingerprint density at radius 1 is 1.47 bits per heavy atom. The van der Waals surface area contributed by atoms with E-state index in [2.05, 4.69) is 15.2 Å². The molecular formula is C10H15N5S2. The van der Waals surface area contributed by atoms with Crippen LogP contribution in [-0.4, -0.2) is 25.5 Å². The monoisotopic (exact) mass is 269 g/mol. The molecule has 92 valence electrons. The van der Waals surface area contributed by atoms with Crippen molar-refractivity contribution in [3.05, 3.63) is 21.9 Å². The van der Waals surface area contributed by atoms with E-state index < -0.39 is 0 Å². The van der Waals surface area contributed by atoms with Crippen molar-refractivity contribution in [3.8, 4) is 0 Å². The summed E-state index contributed by atoms with van der Waals surface area (Å²) in [6.07, 6.45) is 1.02. The maximum Gasteiger partial charge on any atom is 0.190 e. The Labute approximate surface area is 108 Å². The first-order chi connectivity index (χ1) is 8.22. The van der Waals surface area contributed by atoms with Gasteiger partial charge in [-0.05, 0) is 13.3 Å². The molecule has 2 heterocycles. The number of hydrogen-bond donors (Lipinski definition) is 1. The highest BCUT2D eigenvalue weighted by Crippen LogP contribution is 2.20. The van der Waals surface area contributed by atoms with Gasteiger partial charge in [0.25, 0.3) is 0 Å². The molecule has 0 atom stereocenters. The Kier molecular flexibility index (Phi) is 4.14. The molecule has 0 aliphatic heterocycles. The second kappa shape index (κ2) is 5.61. The molecule has 2 aromatic heterocycles. The van der Waals surface area contributed by atoms with Crippen LogP contribution in [0, 0.1) is 6.92 Å². The maximum absolute atomic E-state index is 5.55. The van der Waals surface area contributed by atoms with E-state index in [1.807, 2.05) is 24.0 Å². The van der Waals surface area contributed by atoms with Gasteiger partial charge in [0.15, 0.2) is 5.16 Å². The molecular weight excluding hydrogens is 254 g/mol. The first-order valence-electron chi connectivity index (χ1n) is 5.32. The average Bonchev–Trinajstić information content (AvgIpc) is 2.87. The lowest BCUT2D eigenvalue weighted by atomic mass is 10.3. The highest BCUT2D eigenvalue weighted by molar-refractivity contribution is 7.99. The van der Waals surface area contributed by atoms with Gasteiger partial charge in [-0.2, -0.15) is 0 Å². The summed E-state index contributed by atoms with van der Waals surface area (Å²) < 4.78 is 1.95. The number of aryl methyl sites for hydroxylation is 2. The van der Waals surface area contributed by atoms with Crippen molar-refractivity contribution in [1.29, 1.82) is 0 Å². The predicted molar refractivity (Wildman–Crippen MR) is 70.2 cm³/mol. The van der Waals surface area contributed by atoms with Gasteiger partial charge in [0.2, 0.25) is 0 Å². The molecule has 0 aliphatic rings. The number of thioether (sulfide) groups is 1. The van der Waals surface area contributed by atoms with Crippen LogP contribution in [0.5, 0.6) is 0 Å². The van der Waals surface area contributed by atoms with Crippen molar-refractivity contribution in [1.82, 2.24) is 19.7 Å². The van der Waals surface area contributed by atoms with Gasteiger partial charge in [0.1, 0.15) is 5.82 Å². The van der Waals surface area contributed by atoms with Crippen LogP contribution < -0.4 is 5.73 Å². The molecule has 0 aliphatic carbocycles. The molecule has 2 N–H and O–H groups in total. The minimum absolute atomic E-state index is 0.429. The summed E-state index contributed by atoms with van der Waals surface area (Å²) in [6.45, 7) is 2.48. The van der Waals surface area contributed by atoms with E-state index in [1.54, 1.807) is 23.1 Å². The van der Waals surface area contributed by atoms with Crippen LogP contribution in [0.15, 0.2) is 10.7 Å². The van der Waals surface area contributed by atoms with E-state index >= 15 is 0 Å². The van der Waals surface area contributed by atoms with Crippen molar-refractivity contribution in [2.45, 2.75) is 25.0 Å².